The summed E-state index contributed by atoms with van der Waals surface area (Å²) < 4.78 is 1.13. The molecule has 2 aromatic carbocycles. The summed E-state index contributed by atoms with van der Waals surface area (Å²) in [6.07, 6.45) is 0. The smallest absolute Gasteiger partial charge is 0.0372 e. The monoisotopic (exact) mass is 277 g/mol. The first-order valence-corrected chi connectivity index (χ1v) is 6.48. The van der Waals surface area contributed by atoms with Crippen LogP contribution >= 0.6 is 15.9 Å². The lowest BCUT2D eigenvalue weighted by Crippen LogP contribution is -2.21. The van der Waals surface area contributed by atoms with Crippen molar-refractivity contribution in [3.05, 3.63) is 40.9 Å². The van der Waals surface area contributed by atoms with Gasteiger partial charge < -0.3 is 4.90 Å². The van der Waals surface area contributed by atoms with Crippen molar-refractivity contribution in [2.24, 2.45) is 0 Å². The van der Waals surface area contributed by atoms with E-state index in [1.165, 1.54) is 16.5 Å². The summed E-state index contributed by atoms with van der Waals surface area (Å²) in [6.45, 7) is 6.49. The van der Waals surface area contributed by atoms with Crippen LogP contribution in [-0.2, 0) is 0 Å². The Bertz CT molecular complexity index is 489. The Kier molecular flexibility index (Phi) is 3.49. The van der Waals surface area contributed by atoms with Crippen molar-refractivity contribution in [1.29, 1.82) is 0 Å². The van der Waals surface area contributed by atoms with E-state index in [2.05, 4.69) is 71.1 Å². The minimum atomic E-state index is 1.05. The lowest BCUT2D eigenvalue weighted by molar-refractivity contribution is 0.867. The quantitative estimate of drug-likeness (QED) is 0.801. The van der Waals surface area contributed by atoms with Gasteiger partial charge in [-0.3, -0.25) is 0 Å². The van der Waals surface area contributed by atoms with Crippen LogP contribution in [0.15, 0.2) is 40.9 Å². The van der Waals surface area contributed by atoms with Crippen LogP contribution in [0.2, 0.25) is 0 Å². The molecule has 0 unspecified atom stereocenters. The SMILES string of the molecule is CCN(CC)c1ccc2cc(Br)ccc2c1. The van der Waals surface area contributed by atoms with Gasteiger partial charge in [-0.2, -0.15) is 0 Å². The minimum Gasteiger partial charge on any atom is -0.372 e. The molecule has 0 N–H and O–H groups in total. The Hall–Kier alpha value is -1.02. The largest absolute Gasteiger partial charge is 0.372 e. The first-order valence-electron chi connectivity index (χ1n) is 5.69. The normalized spacial score (nSPS) is 10.7. The molecule has 2 aromatic rings. The first-order chi connectivity index (χ1) is 7.74. The van der Waals surface area contributed by atoms with E-state index in [1.807, 2.05) is 0 Å². The van der Waals surface area contributed by atoms with Crippen molar-refractivity contribution in [2.45, 2.75) is 13.8 Å². The van der Waals surface area contributed by atoms with Crippen molar-refractivity contribution in [2.75, 3.05) is 18.0 Å². The van der Waals surface area contributed by atoms with E-state index in [0.717, 1.165) is 17.6 Å². The summed E-state index contributed by atoms with van der Waals surface area (Å²) in [5, 5.41) is 2.58. The standard InChI is InChI=1S/C14H16BrN/c1-3-16(4-2)14-8-6-11-9-13(15)7-5-12(11)10-14/h5-10H,3-4H2,1-2H3. The van der Waals surface area contributed by atoms with Crippen molar-refractivity contribution in [3.63, 3.8) is 0 Å². The highest BCUT2D eigenvalue weighted by molar-refractivity contribution is 9.10. The second-order valence-electron chi connectivity index (χ2n) is 3.85. The van der Waals surface area contributed by atoms with Gasteiger partial charge in [0.1, 0.15) is 0 Å². The first kappa shape index (κ1) is 11.5. The summed E-state index contributed by atoms with van der Waals surface area (Å²) in [5.41, 5.74) is 1.31. The zero-order chi connectivity index (χ0) is 11.5. The second-order valence-corrected chi connectivity index (χ2v) is 4.76. The van der Waals surface area contributed by atoms with E-state index < -0.39 is 0 Å². The molecule has 0 amide bonds. The van der Waals surface area contributed by atoms with Crippen molar-refractivity contribution >= 4 is 32.4 Å². The molecule has 84 valence electrons. The molecule has 0 saturated heterocycles. The lowest BCUT2D eigenvalue weighted by Gasteiger charge is -2.21. The number of benzene rings is 2. The number of fused-ring (bicyclic) bond motifs is 1. The summed E-state index contributed by atoms with van der Waals surface area (Å²) in [4.78, 5) is 2.36. The topological polar surface area (TPSA) is 3.24 Å². The summed E-state index contributed by atoms with van der Waals surface area (Å²) in [7, 11) is 0. The predicted molar refractivity (Wildman–Crippen MR) is 75.2 cm³/mol. The van der Waals surface area contributed by atoms with Crippen molar-refractivity contribution in [3.8, 4) is 0 Å². The molecule has 16 heavy (non-hydrogen) atoms. The van der Waals surface area contributed by atoms with Crippen LogP contribution in [0, 0.1) is 0 Å². The van der Waals surface area contributed by atoms with E-state index >= 15 is 0 Å². The molecule has 2 rings (SSSR count). The zero-order valence-electron chi connectivity index (χ0n) is 9.70. The van der Waals surface area contributed by atoms with Gasteiger partial charge in [0.2, 0.25) is 0 Å². The van der Waals surface area contributed by atoms with Crippen LogP contribution in [0.3, 0.4) is 0 Å². The average molecular weight is 278 g/mol. The van der Waals surface area contributed by atoms with E-state index in [0.29, 0.717) is 0 Å². The minimum absolute atomic E-state index is 1.05. The average Bonchev–Trinajstić information content (AvgIpc) is 2.31. The molecule has 0 atom stereocenters. The maximum absolute atomic E-state index is 3.50. The molecule has 0 aliphatic rings. The van der Waals surface area contributed by atoms with Gasteiger partial charge in [0.15, 0.2) is 0 Å². The predicted octanol–water partition coefficient (Wildman–Crippen LogP) is 4.45. The van der Waals surface area contributed by atoms with Gasteiger partial charge in [-0.1, -0.05) is 28.1 Å². The molecule has 0 aliphatic heterocycles. The van der Waals surface area contributed by atoms with Gasteiger partial charge in [-0.15, -0.1) is 0 Å². The number of halogens is 1. The number of hydrogen-bond donors (Lipinski definition) is 0. The third kappa shape index (κ3) is 2.22. The third-order valence-corrected chi connectivity index (χ3v) is 3.41. The van der Waals surface area contributed by atoms with Crippen LogP contribution in [0.5, 0.6) is 0 Å². The van der Waals surface area contributed by atoms with Gasteiger partial charge >= 0.3 is 0 Å². The van der Waals surface area contributed by atoms with Gasteiger partial charge in [-0.05, 0) is 48.9 Å². The zero-order valence-corrected chi connectivity index (χ0v) is 11.3. The summed E-state index contributed by atoms with van der Waals surface area (Å²) in [5.74, 6) is 0. The Balaban J connectivity index is 2.47. The molecular weight excluding hydrogens is 262 g/mol. The van der Waals surface area contributed by atoms with E-state index in [1.54, 1.807) is 0 Å². The second kappa shape index (κ2) is 4.88. The molecule has 0 radical (unpaired) electrons. The maximum atomic E-state index is 3.50. The van der Waals surface area contributed by atoms with Crippen LogP contribution in [0.25, 0.3) is 10.8 Å². The number of nitrogens with zero attached hydrogens (tertiary/aromatic N) is 1. The molecule has 0 saturated carbocycles. The number of rotatable bonds is 3. The van der Waals surface area contributed by atoms with Gasteiger partial charge in [0.25, 0.3) is 0 Å². The van der Waals surface area contributed by atoms with Crippen molar-refractivity contribution < 1.29 is 0 Å². The molecule has 0 spiro atoms. The third-order valence-electron chi connectivity index (χ3n) is 2.91. The fourth-order valence-electron chi connectivity index (χ4n) is 1.99. The Morgan fingerprint density at radius 2 is 1.56 bits per heavy atom. The highest BCUT2D eigenvalue weighted by Gasteiger charge is 2.02. The number of hydrogen-bond acceptors (Lipinski definition) is 1. The van der Waals surface area contributed by atoms with E-state index in [-0.39, 0.29) is 0 Å². The Labute approximate surface area is 105 Å². The fraction of sp³-hybridized carbons (Fsp3) is 0.286. The lowest BCUT2D eigenvalue weighted by atomic mass is 10.1. The van der Waals surface area contributed by atoms with Crippen molar-refractivity contribution in [1.82, 2.24) is 0 Å². The summed E-state index contributed by atoms with van der Waals surface area (Å²) in [6, 6.07) is 13.0. The molecule has 0 bridgehead atoms. The fourth-order valence-corrected chi connectivity index (χ4v) is 2.37. The maximum Gasteiger partial charge on any atom is 0.0372 e. The van der Waals surface area contributed by atoms with Crippen LogP contribution in [0.4, 0.5) is 5.69 Å². The van der Waals surface area contributed by atoms with E-state index in [9.17, 15) is 0 Å². The van der Waals surface area contributed by atoms with Gasteiger partial charge in [-0.25, -0.2) is 0 Å². The molecule has 0 heterocycles. The molecule has 1 nitrogen and oxygen atoms in total. The molecule has 0 aromatic heterocycles. The molecule has 2 heteroatoms. The van der Waals surface area contributed by atoms with E-state index in [4.69, 9.17) is 0 Å². The van der Waals surface area contributed by atoms with Gasteiger partial charge in [0, 0.05) is 23.2 Å². The van der Waals surface area contributed by atoms with Gasteiger partial charge in [0.05, 0.1) is 0 Å². The molecule has 0 fully saturated rings. The number of anilines is 1. The summed E-state index contributed by atoms with van der Waals surface area (Å²) >= 11 is 3.50. The molecule has 0 aliphatic carbocycles. The molecular formula is C14H16BrN. The van der Waals surface area contributed by atoms with Crippen LogP contribution < -0.4 is 4.90 Å². The van der Waals surface area contributed by atoms with Crippen LogP contribution in [0.1, 0.15) is 13.8 Å². The highest BCUT2D eigenvalue weighted by Crippen LogP contribution is 2.24. The highest BCUT2D eigenvalue weighted by atomic mass is 79.9. The Morgan fingerprint density at radius 1 is 0.938 bits per heavy atom. The Morgan fingerprint density at radius 3 is 2.25 bits per heavy atom. The van der Waals surface area contributed by atoms with Crippen LogP contribution in [-0.4, -0.2) is 13.1 Å².